The van der Waals surface area contributed by atoms with Gasteiger partial charge in [-0.1, -0.05) is 0 Å². The van der Waals surface area contributed by atoms with Crippen LogP contribution < -0.4 is 4.74 Å². The van der Waals surface area contributed by atoms with E-state index in [0.29, 0.717) is 24.3 Å². The molecule has 0 spiro atoms. The molecule has 0 amide bonds. The average Bonchev–Trinajstić information content (AvgIpc) is 2.25. The Bertz CT molecular complexity index is 350. The zero-order chi connectivity index (χ0) is 12.0. The van der Waals surface area contributed by atoms with Gasteiger partial charge in [-0.3, -0.25) is 9.78 Å². The fourth-order valence-electron chi connectivity index (χ4n) is 1.25. The molecule has 1 aromatic heterocycles. The highest BCUT2D eigenvalue weighted by Gasteiger charge is 2.08. The lowest BCUT2D eigenvalue weighted by molar-refractivity contribution is 0.0931. The highest BCUT2D eigenvalue weighted by Crippen LogP contribution is 2.14. The van der Waals surface area contributed by atoms with Crippen LogP contribution >= 0.6 is 0 Å². The Morgan fingerprint density at radius 3 is 2.81 bits per heavy atom. The van der Waals surface area contributed by atoms with Crippen molar-refractivity contribution in [1.82, 2.24) is 4.98 Å². The molecular weight excluding hydrogens is 206 g/mol. The van der Waals surface area contributed by atoms with Gasteiger partial charge in [-0.05, 0) is 19.9 Å². The van der Waals surface area contributed by atoms with Gasteiger partial charge in [0.25, 0.3) is 0 Å². The monoisotopic (exact) mass is 223 g/mol. The van der Waals surface area contributed by atoms with Gasteiger partial charge in [0.15, 0.2) is 5.78 Å². The number of methoxy groups -OCH3 is 1. The summed E-state index contributed by atoms with van der Waals surface area (Å²) in [5.41, 5.74) is 0.565. The third-order valence-electron chi connectivity index (χ3n) is 1.94. The molecule has 0 aromatic carbocycles. The second-order valence-electron chi connectivity index (χ2n) is 3.74. The van der Waals surface area contributed by atoms with Crippen molar-refractivity contribution in [3.63, 3.8) is 0 Å². The standard InChI is InChI=1S/C12H17NO3/c1-9(2)16-11-6-10(7-13-8-11)12(14)4-5-15-3/h6-9H,4-5H2,1-3H3. The van der Waals surface area contributed by atoms with E-state index in [0.717, 1.165) is 0 Å². The molecule has 0 fully saturated rings. The number of ketones is 1. The molecule has 1 aromatic rings. The molecule has 0 aliphatic heterocycles. The summed E-state index contributed by atoms with van der Waals surface area (Å²) < 4.78 is 10.3. The molecule has 16 heavy (non-hydrogen) atoms. The number of hydrogen-bond donors (Lipinski definition) is 0. The zero-order valence-corrected chi connectivity index (χ0v) is 9.90. The Balaban J connectivity index is 2.69. The summed E-state index contributed by atoms with van der Waals surface area (Å²) in [5, 5.41) is 0. The number of ether oxygens (including phenoxy) is 2. The third kappa shape index (κ3) is 3.98. The second-order valence-corrected chi connectivity index (χ2v) is 3.74. The fourth-order valence-corrected chi connectivity index (χ4v) is 1.25. The quantitative estimate of drug-likeness (QED) is 0.693. The summed E-state index contributed by atoms with van der Waals surface area (Å²) in [6, 6.07) is 1.71. The molecule has 88 valence electrons. The van der Waals surface area contributed by atoms with Crippen molar-refractivity contribution in [2.75, 3.05) is 13.7 Å². The van der Waals surface area contributed by atoms with Crippen LogP contribution in [0.1, 0.15) is 30.6 Å². The van der Waals surface area contributed by atoms with Crippen LogP contribution in [-0.2, 0) is 4.74 Å². The zero-order valence-electron chi connectivity index (χ0n) is 9.90. The number of Topliss-reactive ketones (excluding diaryl/α,β-unsaturated/α-hetero) is 1. The maximum absolute atomic E-state index is 11.7. The molecule has 1 heterocycles. The molecule has 0 unspecified atom stereocenters. The minimum atomic E-state index is 0.0172. The van der Waals surface area contributed by atoms with Crippen LogP contribution in [0.15, 0.2) is 18.5 Å². The molecule has 0 aliphatic rings. The van der Waals surface area contributed by atoms with E-state index < -0.39 is 0 Å². The van der Waals surface area contributed by atoms with Gasteiger partial charge < -0.3 is 9.47 Å². The second kappa shape index (κ2) is 6.23. The molecule has 0 bridgehead atoms. The number of carbonyl (C=O) groups is 1. The van der Waals surface area contributed by atoms with Crippen molar-refractivity contribution in [2.24, 2.45) is 0 Å². The van der Waals surface area contributed by atoms with Gasteiger partial charge >= 0.3 is 0 Å². The summed E-state index contributed by atoms with van der Waals surface area (Å²) in [6.45, 7) is 4.28. The van der Waals surface area contributed by atoms with E-state index >= 15 is 0 Å². The van der Waals surface area contributed by atoms with E-state index in [1.807, 2.05) is 13.8 Å². The Kier molecular flexibility index (Phi) is 4.92. The Labute approximate surface area is 95.6 Å². The first-order valence-electron chi connectivity index (χ1n) is 5.27. The van der Waals surface area contributed by atoms with Crippen molar-refractivity contribution in [1.29, 1.82) is 0 Å². The Hall–Kier alpha value is -1.42. The summed E-state index contributed by atoms with van der Waals surface area (Å²) in [5.74, 6) is 0.641. The van der Waals surface area contributed by atoms with Crippen molar-refractivity contribution >= 4 is 5.78 Å². The molecule has 4 heteroatoms. The maximum Gasteiger partial charge on any atom is 0.166 e. The van der Waals surface area contributed by atoms with E-state index in [2.05, 4.69) is 4.98 Å². The van der Waals surface area contributed by atoms with Crippen LogP contribution in [0.3, 0.4) is 0 Å². The number of pyridine rings is 1. The lowest BCUT2D eigenvalue weighted by Crippen LogP contribution is -2.08. The van der Waals surface area contributed by atoms with Gasteiger partial charge in [0.2, 0.25) is 0 Å². The van der Waals surface area contributed by atoms with Gasteiger partial charge in [-0.25, -0.2) is 0 Å². The summed E-state index contributed by atoms with van der Waals surface area (Å²) in [6.07, 6.45) is 3.59. The molecule has 0 radical (unpaired) electrons. The van der Waals surface area contributed by atoms with Crippen molar-refractivity contribution in [2.45, 2.75) is 26.4 Å². The Morgan fingerprint density at radius 2 is 2.19 bits per heavy atom. The van der Waals surface area contributed by atoms with Gasteiger partial charge in [-0.15, -0.1) is 0 Å². The first-order chi connectivity index (χ1) is 7.63. The fraction of sp³-hybridized carbons (Fsp3) is 0.500. The van der Waals surface area contributed by atoms with Crippen LogP contribution in [0.2, 0.25) is 0 Å². The number of aromatic nitrogens is 1. The normalized spacial score (nSPS) is 10.5. The van der Waals surface area contributed by atoms with Crippen LogP contribution in [0.25, 0.3) is 0 Å². The highest BCUT2D eigenvalue weighted by molar-refractivity contribution is 5.96. The van der Waals surface area contributed by atoms with E-state index in [1.165, 1.54) is 0 Å². The predicted molar refractivity (Wildman–Crippen MR) is 60.8 cm³/mol. The summed E-state index contributed by atoms with van der Waals surface area (Å²) in [4.78, 5) is 15.6. The molecule has 1 rings (SSSR count). The van der Waals surface area contributed by atoms with Crippen LogP contribution in [-0.4, -0.2) is 30.6 Å². The first kappa shape index (κ1) is 12.6. The van der Waals surface area contributed by atoms with Gasteiger partial charge in [0.1, 0.15) is 5.75 Å². The lowest BCUT2D eigenvalue weighted by atomic mass is 10.1. The van der Waals surface area contributed by atoms with Gasteiger partial charge in [0.05, 0.1) is 18.9 Å². The molecule has 0 N–H and O–H groups in total. The third-order valence-corrected chi connectivity index (χ3v) is 1.94. The van der Waals surface area contributed by atoms with Crippen LogP contribution in [0, 0.1) is 0 Å². The van der Waals surface area contributed by atoms with E-state index in [1.54, 1.807) is 25.6 Å². The topological polar surface area (TPSA) is 48.4 Å². The number of rotatable bonds is 6. The van der Waals surface area contributed by atoms with E-state index in [-0.39, 0.29) is 11.9 Å². The lowest BCUT2D eigenvalue weighted by Gasteiger charge is -2.09. The molecule has 0 saturated heterocycles. The number of carbonyl (C=O) groups excluding carboxylic acids is 1. The van der Waals surface area contributed by atoms with Crippen molar-refractivity contribution < 1.29 is 14.3 Å². The van der Waals surface area contributed by atoms with Crippen molar-refractivity contribution in [3.05, 3.63) is 24.0 Å². The van der Waals surface area contributed by atoms with Crippen molar-refractivity contribution in [3.8, 4) is 5.75 Å². The van der Waals surface area contributed by atoms with Gasteiger partial charge in [-0.2, -0.15) is 0 Å². The molecule has 0 aliphatic carbocycles. The Morgan fingerprint density at radius 1 is 1.44 bits per heavy atom. The molecule has 0 atom stereocenters. The predicted octanol–water partition coefficient (Wildman–Crippen LogP) is 2.09. The summed E-state index contributed by atoms with van der Waals surface area (Å²) >= 11 is 0. The number of nitrogens with zero attached hydrogens (tertiary/aromatic N) is 1. The molecule has 4 nitrogen and oxygen atoms in total. The van der Waals surface area contributed by atoms with Gasteiger partial charge in [0, 0.05) is 25.3 Å². The highest BCUT2D eigenvalue weighted by atomic mass is 16.5. The minimum Gasteiger partial charge on any atom is -0.489 e. The molecular formula is C12H17NO3. The van der Waals surface area contributed by atoms with Crippen LogP contribution in [0.4, 0.5) is 0 Å². The van der Waals surface area contributed by atoms with E-state index in [4.69, 9.17) is 9.47 Å². The molecule has 0 saturated carbocycles. The van der Waals surface area contributed by atoms with E-state index in [9.17, 15) is 4.79 Å². The minimum absolute atomic E-state index is 0.0172. The SMILES string of the molecule is COCCC(=O)c1cncc(OC(C)C)c1. The largest absolute Gasteiger partial charge is 0.489 e. The smallest absolute Gasteiger partial charge is 0.166 e. The summed E-state index contributed by atoms with van der Waals surface area (Å²) in [7, 11) is 1.57. The number of hydrogen-bond acceptors (Lipinski definition) is 4. The first-order valence-corrected chi connectivity index (χ1v) is 5.27. The maximum atomic E-state index is 11.7. The van der Waals surface area contributed by atoms with Crippen LogP contribution in [0.5, 0.6) is 5.75 Å². The average molecular weight is 223 g/mol.